The number of aromatic nitrogens is 2. The summed E-state index contributed by atoms with van der Waals surface area (Å²) in [7, 11) is -3.94. The van der Waals surface area contributed by atoms with Crippen LogP contribution in [0.15, 0.2) is 20.7 Å². The maximum atomic E-state index is 12.3. The Hall–Kier alpha value is -1.45. The van der Waals surface area contributed by atoms with Crippen LogP contribution in [-0.4, -0.2) is 41.8 Å². The highest BCUT2D eigenvalue weighted by atomic mass is 32.2. The van der Waals surface area contributed by atoms with Crippen molar-refractivity contribution < 1.29 is 8.42 Å². The molecule has 0 spiro atoms. The minimum Gasteiger partial charge on any atom is -0.326 e. The van der Waals surface area contributed by atoms with E-state index in [9.17, 15) is 18.0 Å². The van der Waals surface area contributed by atoms with Gasteiger partial charge in [-0.05, 0) is 12.3 Å². The number of piperidine rings is 1. The SMILES string of the molecule is CC1CC(N)CN(S(=O)(=O)c2c[nH]c(=O)[nH]c2=O)C1. The molecular weight excluding hydrogens is 272 g/mol. The second-order valence-electron chi connectivity index (χ2n) is 4.86. The van der Waals surface area contributed by atoms with Crippen LogP contribution in [0.3, 0.4) is 0 Å². The molecule has 0 amide bonds. The van der Waals surface area contributed by atoms with Gasteiger partial charge in [-0.3, -0.25) is 9.78 Å². The van der Waals surface area contributed by atoms with Crippen LogP contribution in [0.1, 0.15) is 13.3 Å². The van der Waals surface area contributed by atoms with Crippen molar-refractivity contribution in [3.05, 3.63) is 27.0 Å². The molecule has 0 aliphatic carbocycles. The molecule has 0 saturated carbocycles. The van der Waals surface area contributed by atoms with Gasteiger partial charge in [0.05, 0.1) is 0 Å². The van der Waals surface area contributed by atoms with Crippen LogP contribution >= 0.6 is 0 Å². The van der Waals surface area contributed by atoms with Gasteiger partial charge in [0.15, 0.2) is 4.90 Å². The second kappa shape index (κ2) is 4.91. The number of aromatic amines is 2. The molecule has 0 aromatic carbocycles. The molecule has 1 aromatic rings. The number of hydrogen-bond donors (Lipinski definition) is 3. The van der Waals surface area contributed by atoms with Gasteiger partial charge < -0.3 is 10.7 Å². The van der Waals surface area contributed by atoms with Crippen LogP contribution in [0.2, 0.25) is 0 Å². The van der Waals surface area contributed by atoms with Crippen molar-refractivity contribution in [1.82, 2.24) is 14.3 Å². The quantitative estimate of drug-likeness (QED) is 0.605. The highest BCUT2D eigenvalue weighted by molar-refractivity contribution is 7.89. The topological polar surface area (TPSA) is 129 Å². The summed E-state index contributed by atoms with van der Waals surface area (Å²) in [6, 6.07) is -0.250. The molecule has 2 unspecified atom stereocenters. The van der Waals surface area contributed by atoms with E-state index in [1.165, 1.54) is 4.31 Å². The number of sulfonamides is 1. The first-order valence-electron chi connectivity index (χ1n) is 5.88. The summed E-state index contributed by atoms with van der Waals surface area (Å²) in [5, 5.41) is 0. The molecule has 0 radical (unpaired) electrons. The lowest BCUT2D eigenvalue weighted by Crippen LogP contribution is -2.49. The Bertz CT molecular complexity index is 667. The highest BCUT2D eigenvalue weighted by Crippen LogP contribution is 2.20. The molecule has 8 nitrogen and oxygen atoms in total. The summed E-state index contributed by atoms with van der Waals surface area (Å²) >= 11 is 0. The van der Waals surface area contributed by atoms with E-state index in [0.29, 0.717) is 6.54 Å². The largest absolute Gasteiger partial charge is 0.326 e. The van der Waals surface area contributed by atoms with Crippen LogP contribution in [0, 0.1) is 5.92 Å². The molecule has 0 bridgehead atoms. The van der Waals surface area contributed by atoms with Crippen molar-refractivity contribution >= 4 is 10.0 Å². The monoisotopic (exact) mass is 288 g/mol. The number of nitrogens with one attached hydrogen (secondary N) is 2. The average molecular weight is 288 g/mol. The summed E-state index contributed by atoms with van der Waals surface area (Å²) in [6.07, 6.45) is 1.66. The van der Waals surface area contributed by atoms with Gasteiger partial charge in [-0.1, -0.05) is 6.92 Å². The third-order valence-corrected chi connectivity index (χ3v) is 4.90. The molecule has 2 rings (SSSR count). The molecule has 2 atom stereocenters. The molecule has 106 valence electrons. The normalized spacial score (nSPS) is 25.4. The Morgan fingerprint density at radius 2 is 2.05 bits per heavy atom. The van der Waals surface area contributed by atoms with E-state index in [0.717, 1.165) is 12.6 Å². The Morgan fingerprint density at radius 1 is 1.37 bits per heavy atom. The summed E-state index contributed by atoms with van der Waals surface area (Å²) in [6.45, 7) is 2.39. The Labute approximate surface area is 109 Å². The zero-order valence-corrected chi connectivity index (χ0v) is 11.2. The fourth-order valence-electron chi connectivity index (χ4n) is 2.27. The minimum atomic E-state index is -3.94. The third kappa shape index (κ3) is 2.77. The van der Waals surface area contributed by atoms with Crippen LogP contribution in [0.25, 0.3) is 0 Å². The molecular formula is C10H16N4O4S. The van der Waals surface area contributed by atoms with Gasteiger partial charge in [-0.25, -0.2) is 13.2 Å². The van der Waals surface area contributed by atoms with Crippen molar-refractivity contribution in [3.63, 3.8) is 0 Å². The van der Waals surface area contributed by atoms with E-state index in [1.54, 1.807) is 0 Å². The number of hydrogen-bond acceptors (Lipinski definition) is 5. The first-order chi connectivity index (χ1) is 8.80. The highest BCUT2D eigenvalue weighted by Gasteiger charge is 2.33. The van der Waals surface area contributed by atoms with Crippen molar-refractivity contribution in [1.29, 1.82) is 0 Å². The van der Waals surface area contributed by atoms with E-state index in [2.05, 4.69) is 4.98 Å². The van der Waals surface area contributed by atoms with E-state index >= 15 is 0 Å². The van der Waals surface area contributed by atoms with Crippen LogP contribution < -0.4 is 17.0 Å². The van der Waals surface area contributed by atoms with Gasteiger partial charge in [-0.2, -0.15) is 4.31 Å². The van der Waals surface area contributed by atoms with Gasteiger partial charge >= 0.3 is 5.69 Å². The van der Waals surface area contributed by atoms with Gasteiger partial charge in [0.25, 0.3) is 5.56 Å². The van der Waals surface area contributed by atoms with Crippen LogP contribution in [0.5, 0.6) is 0 Å². The molecule has 4 N–H and O–H groups in total. The van der Waals surface area contributed by atoms with Crippen molar-refractivity contribution in [2.75, 3.05) is 13.1 Å². The molecule has 1 aliphatic heterocycles. The fraction of sp³-hybridized carbons (Fsp3) is 0.600. The van der Waals surface area contributed by atoms with Crippen molar-refractivity contribution in [2.45, 2.75) is 24.3 Å². The average Bonchev–Trinajstić information content (AvgIpc) is 2.26. The summed E-state index contributed by atoms with van der Waals surface area (Å²) in [4.78, 5) is 26.1. The summed E-state index contributed by atoms with van der Waals surface area (Å²) in [5.41, 5.74) is 4.14. The second-order valence-corrected chi connectivity index (χ2v) is 6.77. The van der Waals surface area contributed by atoms with Gasteiger partial charge in [0.2, 0.25) is 10.0 Å². The van der Waals surface area contributed by atoms with E-state index < -0.39 is 26.2 Å². The summed E-state index contributed by atoms with van der Waals surface area (Å²) in [5.74, 6) is 0.125. The number of H-pyrrole nitrogens is 2. The Kier molecular flexibility index (Phi) is 3.61. The van der Waals surface area contributed by atoms with E-state index in [4.69, 9.17) is 5.73 Å². The van der Waals surface area contributed by atoms with Crippen LogP contribution in [-0.2, 0) is 10.0 Å². The minimum absolute atomic E-state index is 0.125. The molecule has 1 aliphatic rings. The maximum Gasteiger partial charge on any atom is 0.325 e. The molecule has 19 heavy (non-hydrogen) atoms. The van der Waals surface area contributed by atoms with Crippen LogP contribution in [0.4, 0.5) is 0 Å². The zero-order chi connectivity index (χ0) is 14.2. The molecule has 1 saturated heterocycles. The number of nitrogens with two attached hydrogens (primary N) is 1. The maximum absolute atomic E-state index is 12.3. The van der Waals surface area contributed by atoms with E-state index in [-0.39, 0.29) is 18.5 Å². The fourth-order valence-corrected chi connectivity index (χ4v) is 3.88. The molecule has 9 heteroatoms. The molecule has 2 heterocycles. The molecule has 1 fully saturated rings. The third-order valence-electron chi connectivity index (χ3n) is 3.06. The standard InChI is InChI=1S/C10H16N4O4S/c1-6-2-7(11)5-14(4-6)19(17,18)8-3-12-10(16)13-9(8)15/h3,6-7H,2,4-5,11H2,1H3,(H2,12,13,15,16). The van der Waals surface area contributed by atoms with Gasteiger partial charge in [0.1, 0.15) is 0 Å². The Morgan fingerprint density at radius 3 is 2.63 bits per heavy atom. The summed E-state index contributed by atoms with van der Waals surface area (Å²) < 4.78 is 25.9. The first kappa shape index (κ1) is 14.0. The predicted molar refractivity (Wildman–Crippen MR) is 68.2 cm³/mol. The van der Waals surface area contributed by atoms with E-state index in [1.807, 2.05) is 11.9 Å². The first-order valence-corrected chi connectivity index (χ1v) is 7.32. The van der Waals surface area contributed by atoms with Crippen molar-refractivity contribution in [3.8, 4) is 0 Å². The Balaban J connectivity index is 2.42. The molecule has 1 aromatic heterocycles. The lowest BCUT2D eigenvalue weighted by atomic mass is 9.99. The zero-order valence-electron chi connectivity index (χ0n) is 10.4. The lowest BCUT2D eigenvalue weighted by molar-refractivity contribution is 0.254. The van der Waals surface area contributed by atoms with Gasteiger partial charge in [0, 0.05) is 25.3 Å². The lowest BCUT2D eigenvalue weighted by Gasteiger charge is -2.33. The van der Waals surface area contributed by atoms with Crippen molar-refractivity contribution in [2.24, 2.45) is 11.7 Å². The number of rotatable bonds is 2. The predicted octanol–water partition coefficient (Wildman–Crippen LogP) is -1.58. The smallest absolute Gasteiger partial charge is 0.325 e. The number of nitrogens with zero attached hydrogens (tertiary/aromatic N) is 1. The van der Waals surface area contributed by atoms with Gasteiger partial charge in [-0.15, -0.1) is 0 Å².